The summed E-state index contributed by atoms with van der Waals surface area (Å²) in [5, 5.41) is 10.8. The van der Waals surface area contributed by atoms with Crippen LogP contribution in [0.2, 0.25) is 0 Å². The average molecular weight is 493 g/mol. The van der Waals surface area contributed by atoms with Crippen LogP contribution in [0.3, 0.4) is 0 Å². The predicted molar refractivity (Wildman–Crippen MR) is 124 cm³/mol. The summed E-state index contributed by atoms with van der Waals surface area (Å²) in [7, 11) is 0. The fraction of sp³-hybridized carbons (Fsp3) is 0.615. The maximum Gasteiger partial charge on any atom is 0.375 e. The number of esters is 1. The molecule has 34 heavy (non-hydrogen) atoms. The maximum atomic E-state index is 17.2. The van der Waals surface area contributed by atoms with Crippen molar-refractivity contribution >= 4 is 23.7 Å². The fourth-order valence-corrected chi connectivity index (χ4v) is 8.50. The third kappa shape index (κ3) is 2.70. The van der Waals surface area contributed by atoms with Crippen molar-refractivity contribution in [3.63, 3.8) is 0 Å². The van der Waals surface area contributed by atoms with Gasteiger partial charge in [-0.1, -0.05) is 32.1 Å². The number of fused-ring (bicyclic) bond motifs is 5. The van der Waals surface area contributed by atoms with Crippen LogP contribution in [0.5, 0.6) is 0 Å². The molecule has 5 rings (SSSR count). The van der Waals surface area contributed by atoms with Crippen LogP contribution in [0.1, 0.15) is 57.0 Å². The second-order valence-corrected chi connectivity index (χ2v) is 11.3. The molecule has 0 bridgehead atoms. The Balaban J connectivity index is 1.62. The number of aliphatic hydroxyl groups is 1. The van der Waals surface area contributed by atoms with E-state index in [1.807, 2.05) is 6.08 Å². The lowest BCUT2D eigenvalue weighted by Crippen LogP contribution is -2.70. The number of aliphatic hydroxyl groups excluding tert-OH is 1. The SMILES string of the molecule is C[C@@H]1CC2C3C[C@H](F)C4=CCC=C[C@]4(C)[C@@]3(F)[C@@H](O)C[C@]2(C)[C@@]1(OC(=O)c1ccco1)C(=O)S. The molecule has 0 aliphatic heterocycles. The molecule has 0 radical (unpaired) electrons. The Kier molecular flexibility index (Phi) is 5.27. The van der Waals surface area contributed by atoms with Crippen LogP contribution in [0.4, 0.5) is 8.78 Å². The van der Waals surface area contributed by atoms with Crippen molar-refractivity contribution in [3.8, 4) is 0 Å². The maximum absolute atomic E-state index is 17.2. The minimum Gasteiger partial charge on any atom is -0.457 e. The molecule has 3 fully saturated rings. The summed E-state index contributed by atoms with van der Waals surface area (Å²) in [5.74, 6) is -2.80. The quantitative estimate of drug-likeness (QED) is 0.352. The first-order valence-electron chi connectivity index (χ1n) is 11.8. The zero-order valence-corrected chi connectivity index (χ0v) is 20.4. The Morgan fingerprint density at radius 3 is 2.65 bits per heavy atom. The summed E-state index contributed by atoms with van der Waals surface area (Å²) in [6.45, 7) is 5.17. The molecule has 4 aliphatic carbocycles. The van der Waals surface area contributed by atoms with Crippen molar-refractivity contribution in [2.75, 3.05) is 0 Å². The molecule has 4 aliphatic rings. The van der Waals surface area contributed by atoms with Crippen LogP contribution >= 0.6 is 12.6 Å². The lowest BCUT2D eigenvalue weighted by Gasteiger charge is -2.63. The number of thiol groups is 1. The van der Waals surface area contributed by atoms with Gasteiger partial charge in [-0.05, 0) is 56.2 Å². The molecule has 2 unspecified atom stereocenters. The van der Waals surface area contributed by atoms with E-state index in [4.69, 9.17) is 9.15 Å². The minimum absolute atomic E-state index is 0.0690. The van der Waals surface area contributed by atoms with E-state index >= 15 is 8.78 Å². The molecule has 1 heterocycles. The van der Waals surface area contributed by atoms with Crippen molar-refractivity contribution in [1.82, 2.24) is 0 Å². The monoisotopic (exact) mass is 492 g/mol. The second-order valence-electron chi connectivity index (χ2n) is 10.9. The van der Waals surface area contributed by atoms with E-state index in [2.05, 4.69) is 12.6 Å². The first-order valence-corrected chi connectivity index (χ1v) is 12.3. The summed E-state index contributed by atoms with van der Waals surface area (Å²) < 4.78 is 43.8. The second kappa shape index (κ2) is 7.53. The highest BCUT2D eigenvalue weighted by molar-refractivity contribution is 7.96. The van der Waals surface area contributed by atoms with Gasteiger partial charge in [0.05, 0.1) is 12.4 Å². The van der Waals surface area contributed by atoms with Crippen molar-refractivity contribution < 1.29 is 32.6 Å². The van der Waals surface area contributed by atoms with Crippen LogP contribution < -0.4 is 0 Å². The largest absolute Gasteiger partial charge is 0.457 e. The first-order chi connectivity index (χ1) is 15.9. The zero-order chi connectivity index (χ0) is 24.7. The molecule has 184 valence electrons. The summed E-state index contributed by atoms with van der Waals surface area (Å²) in [4.78, 5) is 26.1. The lowest BCUT2D eigenvalue weighted by molar-refractivity contribution is -0.221. The Hall–Kier alpha value is -1.93. The third-order valence-corrected chi connectivity index (χ3v) is 9.84. The van der Waals surface area contributed by atoms with Gasteiger partial charge in [-0.25, -0.2) is 13.6 Å². The van der Waals surface area contributed by atoms with E-state index in [1.54, 1.807) is 32.9 Å². The van der Waals surface area contributed by atoms with Crippen molar-refractivity contribution in [3.05, 3.63) is 48.0 Å². The molecule has 0 aromatic carbocycles. The molecule has 1 N–H and O–H groups in total. The van der Waals surface area contributed by atoms with E-state index in [9.17, 15) is 14.7 Å². The number of hydrogen-bond donors (Lipinski definition) is 2. The van der Waals surface area contributed by atoms with Crippen LogP contribution in [-0.4, -0.2) is 39.7 Å². The topological polar surface area (TPSA) is 76.7 Å². The summed E-state index contributed by atoms with van der Waals surface area (Å²) in [5.41, 5.74) is -5.91. The Morgan fingerprint density at radius 2 is 2.00 bits per heavy atom. The van der Waals surface area contributed by atoms with Gasteiger partial charge in [-0.15, -0.1) is 12.6 Å². The van der Waals surface area contributed by atoms with Gasteiger partial charge in [0.2, 0.25) is 10.9 Å². The summed E-state index contributed by atoms with van der Waals surface area (Å²) in [6, 6.07) is 2.96. The number of halogens is 2. The van der Waals surface area contributed by atoms with Crippen molar-refractivity contribution in [2.45, 2.75) is 70.0 Å². The van der Waals surface area contributed by atoms with Gasteiger partial charge in [0, 0.05) is 22.7 Å². The van der Waals surface area contributed by atoms with Gasteiger partial charge in [0.1, 0.15) is 6.17 Å². The number of hydrogen-bond acceptors (Lipinski definition) is 5. The number of allylic oxidation sites excluding steroid dienone is 4. The van der Waals surface area contributed by atoms with E-state index in [1.165, 1.54) is 18.4 Å². The number of furan rings is 1. The van der Waals surface area contributed by atoms with Crippen LogP contribution in [0.25, 0.3) is 0 Å². The molecule has 0 saturated heterocycles. The fourth-order valence-electron chi connectivity index (χ4n) is 7.98. The highest BCUT2D eigenvalue weighted by Gasteiger charge is 2.77. The first kappa shape index (κ1) is 23.8. The number of carbonyl (C=O) groups excluding carboxylic acids is 2. The zero-order valence-electron chi connectivity index (χ0n) is 19.5. The van der Waals surface area contributed by atoms with Crippen LogP contribution in [-0.2, 0) is 9.53 Å². The molecular formula is C26H30F2O5S. The van der Waals surface area contributed by atoms with Gasteiger partial charge in [-0.3, -0.25) is 4.79 Å². The van der Waals surface area contributed by atoms with Crippen LogP contribution in [0, 0.1) is 28.6 Å². The van der Waals surface area contributed by atoms with Gasteiger partial charge in [0.15, 0.2) is 11.3 Å². The van der Waals surface area contributed by atoms with E-state index < -0.39 is 63.2 Å². The number of rotatable bonds is 3. The third-order valence-electron chi connectivity index (χ3n) is 9.51. The summed E-state index contributed by atoms with van der Waals surface area (Å²) >= 11 is 4.14. The van der Waals surface area contributed by atoms with Crippen molar-refractivity contribution in [2.24, 2.45) is 28.6 Å². The molecule has 1 aromatic rings. The molecular weight excluding hydrogens is 462 g/mol. The Morgan fingerprint density at radius 1 is 1.26 bits per heavy atom. The summed E-state index contributed by atoms with van der Waals surface area (Å²) in [6.07, 6.45) is 4.34. The highest BCUT2D eigenvalue weighted by atomic mass is 32.1. The molecule has 3 saturated carbocycles. The van der Waals surface area contributed by atoms with Gasteiger partial charge >= 0.3 is 5.97 Å². The van der Waals surface area contributed by atoms with Gasteiger partial charge < -0.3 is 14.3 Å². The van der Waals surface area contributed by atoms with Crippen molar-refractivity contribution in [1.29, 1.82) is 0 Å². The molecule has 0 amide bonds. The van der Waals surface area contributed by atoms with Gasteiger partial charge in [0.25, 0.3) is 0 Å². The van der Waals surface area contributed by atoms with E-state index in [0.29, 0.717) is 18.4 Å². The van der Waals surface area contributed by atoms with E-state index in [-0.39, 0.29) is 18.6 Å². The van der Waals surface area contributed by atoms with Crippen LogP contribution in [0.15, 0.2) is 46.6 Å². The standard InChI is InChI=1S/C26H30F2O5S/c1-14-11-16-17-12-18(27)15-7-4-5-9-23(15,2)25(17,28)20(29)13-24(16,3)26(14,22(31)34)33-21(30)19-8-6-10-32-19/h5-10,14,16-18,20,29H,4,11-13H2,1-3H3,(H,31,34)/t14-,16?,17?,18+,20+,23+,24+,25+,26+/m1/s1. The minimum atomic E-state index is -2.12. The molecule has 9 atom stereocenters. The van der Waals surface area contributed by atoms with E-state index in [0.717, 1.165) is 0 Å². The molecule has 8 heteroatoms. The molecule has 0 spiro atoms. The normalized spacial score (nSPS) is 47.3. The molecule has 5 nitrogen and oxygen atoms in total. The van der Waals surface area contributed by atoms with Gasteiger partial charge in [-0.2, -0.15) is 0 Å². The number of alkyl halides is 2. The lowest BCUT2D eigenvalue weighted by atomic mass is 9.44. The number of ether oxygens (including phenoxy) is 1. The predicted octanol–water partition coefficient (Wildman–Crippen LogP) is 5.02. The Bertz CT molecular complexity index is 1080. The Labute approximate surface area is 203 Å². The molecule has 1 aromatic heterocycles. The number of carbonyl (C=O) groups is 2. The average Bonchev–Trinajstić information content (AvgIpc) is 3.38. The highest BCUT2D eigenvalue weighted by Crippen LogP contribution is 2.71. The smallest absolute Gasteiger partial charge is 0.375 e.